The Bertz CT molecular complexity index is 521. The number of aromatic nitrogens is 3. The molecule has 0 saturated carbocycles. The number of nitrogens with zero attached hydrogens (tertiary/aromatic N) is 3. The summed E-state index contributed by atoms with van der Waals surface area (Å²) in [5.41, 5.74) is 8.81. The first-order valence-electron chi connectivity index (χ1n) is 5.38. The molecule has 0 bridgehead atoms. The largest absolute Gasteiger partial charge is 0.495 e. The number of ether oxygens (including phenoxy) is 1. The predicted molar refractivity (Wildman–Crippen MR) is 64.8 cm³/mol. The van der Waals surface area contributed by atoms with Crippen LogP contribution in [0.25, 0.3) is 0 Å². The Morgan fingerprint density at radius 1 is 1.47 bits per heavy atom. The molecule has 0 aliphatic heterocycles. The first kappa shape index (κ1) is 11.6. The Hall–Kier alpha value is -1.88. The summed E-state index contributed by atoms with van der Waals surface area (Å²) in [7, 11) is 3.49. The predicted octanol–water partition coefficient (Wildman–Crippen LogP) is 1.18. The van der Waals surface area contributed by atoms with Gasteiger partial charge < -0.3 is 10.5 Å². The number of hydrogen-bond donors (Lipinski definition) is 1. The molecule has 17 heavy (non-hydrogen) atoms. The molecule has 2 N–H and O–H groups in total. The van der Waals surface area contributed by atoms with Crippen LogP contribution in [0.15, 0.2) is 24.5 Å². The molecule has 2 heterocycles. The summed E-state index contributed by atoms with van der Waals surface area (Å²) in [4.78, 5) is 4.29. The zero-order valence-corrected chi connectivity index (χ0v) is 10.2. The van der Waals surface area contributed by atoms with Crippen LogP contribution in [0.2, 0.25) is 0 Å². The van der Waals surface area contributed by atoms with Gasteiger partial charge in [0.05, 0.1) is 18.8 Å². The van der Waals surface area contributed by atoms with Crippen LogP contribution in [-0.2, 0) is 7.05 Å². The third-order valence-corrected chi connectivity index (χ3v) is 2.70. The van der Waals surface area contributed by atoms with Crippen LogP contribution in [0.5, 0.6) is 5.75 Å². The van der Waals surface area contributed by atoms with Crippen LogP contribution in [-0.4, -0.2) is 21.9 Å². The number of hydrogen-bond acceptors (Lipinski definition) is 4. The van der Waals surface area contributed by atoms with Gasteiger partial charge in [-0.2, -0.15) is 5.10 Å². The van der Waals surface area contributed by atoms with Crippen LogP contribution in [0, 0.1) is 6.92 Å². The van der Waals surface area contributed by atoms with E-state index in [1.165, 1.54) is 0 Å². The molecule has 5 nitrogen and oxygen atoms in total. The highest BCUT2D eigenvalue weighted by molar-refractivity contribution is 5.36. The minimum atomic E-state index is -0.320. The van der Waals surface area contributed by atoms with Crippen molar-refractivity contribution >= 4 is 0 Å². The minimum Gasteiger partial charge on any atom is -0.495 e. The zero-order chi connectivity index (χ0) is 12.4. The van der Waals surface area contributed by atoms with E-state index >= 15 is 0 Å². The first-order chi connectivity index (χ1) is 8.13. The molecule has 0 aromatic carbocycles. The summed E-state index contributed by atoms with van der Waals surface area (Å²) in [6.45, 7) is 1.94. The molecular weight excluding hydrogens is 216 g/mol. The second kappa shape index (κ2) is 4.55. The fourth-order valence-electron chi connectivity index (χ4n) is 1.88. The normalized spacial score (nSPS) is 12.5. The third kappa shape index (κ3) is 2.14. The first-order valence-corrected chi connectivity index (χ1v) is 5.38. The van der Waals surface area contributed by atoms with Crippen molar-refractivity contribution < 1.29 is 4.74 Å². The van der Waals surface area contributed by atoms with Crippen molar-refractivity contribution in [2.24, 2.45) is 12.8 Å². The van der Waals surface area contributed by atoms with Gasteiger partial charge in [-0.15, -0.1) is 0 Å². The van der Waals surface area contributed by atoms with Gasteiger partial charge in [-0.1, -0.05) is 0 Å². The van der Waals surface area contributed by atoms with Crippen LogP contribution in [0.1, 0.15) is 23.0 Å². The quantitative estimate of drug-likeness (QED) is 0.863. The molecule has 1 atom stereocenters. The molecule has 0 aliphatic carbocycles. The molecule has 2 aromatic rings. The molecule has 0 saturated heterocycles. The Balaban J connectivity index is 2.43. The van der Waals surface area contributed by atoms with E-state index in [9.17, 15) is 0 Å². The highest BCUT2D eigenvalue weighted by Crippen LogP contribution is 2.27. The third-order valence-electron chi connectivity index (χ3n) is 2.70. The van der Waals surface area contributed by atoms with E-state index in [1.807, 2.05) is 32.3 Å². The molecule has 1 unspecified atom stereocenters. The summed E-state index contributed by atoms with van der Waals surface area (Å²) in [6.07, 6.45) is 3.62. The molecule has 2 rings (SSSR count). The molecule has 0 fully saturated rings. The molecule has 0 aliphatic rings. The number of nitrogens with two attached hydrogens (primary N) is 1. The highest BCUT2D eigenvalue weighted by atomic mass is 16.5. The molecule has 0 radical (unpaired) electrons. The standard InChI is InChI=1S/C12H16N4O/c1-8-9(7-16(2)15-8)11(13)12-10(17-3)5-4-6-14-12/h4-7,11H,13H2,1-3H3. The van der Waals surface area contributed by atoms with E-state index < -0.39 is 0 Å². The molecule has 90 valence electrons. The maximum Gasteiger partial charge on any atom is 0.142 e. The second-order valence-corrected chi connectivity index (χ2v) is 3.91. The molecule has 5 heteroatoms. The molecule has 2 aromatic heterocycles. The van der Waals surface area contributed by atoms with Gasteiger partial charge in [0, 0.05) is 25.0 Å². The number of methoxy groups -OCH3 is 1. The second-order valence-electron chi connectivity index (χ2n) is 3.91. The number of aryl methyl sites for hydroxylation is 2. The van der Waals surface area contributed by atoms with E-state index in [0.717, 1.165) is 17.0 Å². The zero-order valence-electron chi connectivity index (χ0n) is 10.2. The van der Waals surface area contributed by atoms with E-state index in [1.54, 1.807) is 18.0 Å². The minimum absolute atomic E-state index is 0.320. The van der Waals surface area contributed by atoms with Gasteiger partial charge in [-0.05, 0) is 19.1 Å². The van der Waals surface area contributed by atoms with E-state index in [0.29, 0.717) is 5.75 Å². The summed E-state index contributed by atoms with van der Waals surface area (Å²) < 4.78 is 7.01. The lowest BCUT2D eigenvalue weighted by molar-refractivity contribution is 0.404. The van der Waals surface area contributed by atoms with Crippen LogP contribution < -0.4 is 10.5 Å². The van der Waals surface area contributed by atoms with Crippen molar-refractivity contribution in [2.75, 3.05) is 7.11 Å². The lowest BCUT2D eigenvalue weighted by atomic mass is 10.0. The van der Waals surface area contributed by atoms with Crippen molar-refractivity contribution in [3.05, 3.63) is 41.5 Å². The fraction of sp³-hybridized carbons (Fsp3) is 0.333. The topological polar surface area (TPSA) is 66.0 Å². The summed E-state index contributed by atoms with van der Waals surface area (Å²) >= 11 is 0. The van der Waals surface area contributed by atoms with Crippen LogP contribution >= 0.6 is 0 Å². The number of pyridine rings is 1. The fourth-order valence-corrected chi connectivity index (χ4v) is 1.88. The van der Waals surface area contributed by atoms with Crippen molar-refractivity contribution in [1.82, 2.24) is 14.8 Å². The average Bonchev–Trinajstić information content (AvgIpc) is 2.67. The van der Waals surface area contributed by atoms with E-state index in [2.05, 4.69) is 10.1 Å². The summed E-state index contributed by atoms with van der Waals surface area (Å²) in [6, 6.07) is 3.36. The SMILES string of the molecule is COc1cccnc1C(N)c1cn(C)nc1C. The average molecular weight is 232 g/mol. The lowest BCUT2D eigenvalue weighted by Gasteiger charge is -2.13. The lowest BCUT2D eigenvalue weighted by Crippen LogP contribution is -2.15. The Kier molecular flexibility index (Phi) is 3.10. The van der Waals surface area contributed by atoms with E-state index in [4.69, 9.17) is 10.5 Å². The van der Waals surface area contributed by atoms with Crippen molar-refractivity contribution in [3.63, 3.8) is 0 Å². The Morgan fingerprint density at radius 3 is 2.82 bits per heavy atom. The van der Waals surface area contributed by atoms with Gasteiger partial charge in [0.15, 0.2) is 0 Å². The van der Waals surface area contributed by atoms with Gasteiger partial charge in [0.2, 0.25) is 0 Å². The van der Waals surface area contributed by atoms with Crippen LogP contribution in [0.3, 0.4) is 0 Å². The van der Waals surface area contributed by atoms with Gasteiger partial charge in [0.25, 0.3) is 0 Å². The van der Waals surface area contributed by atoms with E-state index in [-0.39, 0.29) is 6.04 Å². The Morgan fingerprint density at radius 2 is 2.24 bits per heavy atom. The monoisotopic (exact) mass is 232 g/mol. The Labute approximate surface area is 100 Å². The van der Waals surface area contributed by atoms with Crippen molar-refractivity contribution in [2.45, 2.75) is 13.0 Å². The molecule has 0 amide bonds. The molecule has 0 spiro atoms. The van der Waals surface area contributed by atoms with Gasteiger partial charge in [-0.3, -0.25) is 9.67 Å². The smallest absolute Gasteiger partial charge is 0.142 e. The summed E-state index contributed by atoms with van der Waals surface area (Å²) in [5, 5.41) is 4.28. The van der Waals surface area contributed by atoms with Crippen molar-refractivity contribution in [3.8, 4) is 5.75 Å². The summed E-state index contributed by atoms with van der Waals surface area (Å²) in [5.74, 6) is 0.697. The van der Waals surface area contributed by atoms with Crippen molar-refractivity contribution in [1.29, 1.82) is 0 Å². The van der Waals surface area contributed by atoms with Crippen LogP contribution in [0.4, 0.5) is 0 Å². The highest BCUT2D eigenvalue weighted by Gasteiger charge is 2.18. The maximum absolute atomic E-state index is 6.21. The van der Waals surface area contributed by atoms with Gasteiger partial charge >= 0.3 is 0 Å². The molecular formula is C12H16N4O. The van der Waals surface area contributed by atoms with Gasteiger partial charge in [0.1, 0.15) is 11.4 Å². The maximum atomic E-state index is 6.21. The van der Waals surface area contributed by atoms with Gasteiger partial charge in [-0.25, -0.2) is 0 Å². The number of rotatable bonds is 3.